The van der Waals surface area contributed by atoms with Gasteiger partial charge in [0.1, 0.15) is 10.9 Å². The lowest BCUT2D eigenvalue weighted by Crippen LogP contribution is -2.55. The van der Waals surface area contributed by atoms with Crippen LogP contribution in [0.3, 0.4) is 0 Å². The number of benzene rings is 1. The molecule has 1 amide bonds. The Morgan fingerprint density at radius 3 is 2.66 bits per heavy atom. The predicted molar refractivity (Wildman–Crippen MR) is 121 cm³/mol. The van der Waals surface area contributed by atoms with E-state index in [0.29, 0.717) is 24.7 Å². The van der Waals surface area contributed by atoms with Gasteiger partial charge in [-0.3, -0.25) is 4.79 Å². The summed E-state index contributed by atoms with van der Waals surface area (Å²) >= 11 is 6.15. The topological polar surface area (TPSA) is 104 Å². The first-order chi connectivity index (χ1) is 15.2. The summed E-state index contributed by atoms with van der Waals surface area (Å²) in [7, 11) is -4.03. The minimum absolute atomic E-state index is 0.0849. The fraction of sp³-hybridized carbons (Fsp3) is 0.652. The fourth-order valence-corrected chi connectivity index (χ4v) is 8.19. The largest absolute Gasteiger partial charge is 0.478 e. The molecule has 3 fully saturated rings. The van der Waals surface area contributed by atoms with E-state index in [1.54, 1.807) is 0 Å². The third-order valence-electron chi connectivity index (χ3n) is 7.58. The number of sulfonamides is 1. The van der Waals surface area contributed by atoms with Crippen LogP contribution in [-0.2, 0) is 14.8 Å². The van der Waals surface area contributed by atoms with Crippen molar-refractivity contribution in [2.75, 3.05) is 6.54 Å². The van der Waals surface area contributed by atoms with Crippen molar-refractivity contribution in [3.63, 3.8) is 0 Å². The minimum Gasteiger partial charge on any atom is -0.478 e. The number of aromatic carboxylic acids is 1. The van der Waals surface area contributed by atoms with E-state index in [2.05, 4.69) is 12.2 Å². The second kappa shape index (κ2) is 9.31. The third-order valence-corrected chi connectivity index (χ3v) is 9.97. The average Bonchev–Trinajstić information content (AvgIpc) is 3.26. The quantitative estimate of drug-likeness (QED) is 0.639. The molecule has 4 unspecified atom stereocenters. The van der Waals surface area contributed by atoms with E-state index in [4.69, 9.17) is 16.7 Å². The van der Waals surface area contributed by atoms with E-state index in [0.717, 1.165) is 37.7 Å². The van der Waals surface area contributed by atoms with E-state index in [-0.39, 0.29) is 34.0 Å². The van der Waals surface area contributed by atoms with Crippen molar-refractivity contribution < 1.29 is 23.1 Å². The van der Waals surface area contributed by atoms with Crippen molar-refractivity contribution in [1.29, 1.82) is 0 Å². The number of nitrogens with one attached hydrogen (secondary N) is 1. The Labute approximate surface area is 194 Å². The molecule has 4 rings (SSSR count). The van der Waals surface area contributed by atoms with Crippen molar-refractivity contribution in [3.8, 4) is 0 Å². The Balaban J connectivity index is 1.54. The van der Waals surface area contributed by atoms with Crippen LogP contribution in [0.5, 0.6) is 0 Å². The Kier molecular flexibility index (Phi) is 6.84. The van der Waals surface area contributed by atoms with Crippen LogP contribution in [0.1, 0.15) is 68.6 Å². The number of hydrogen-bond donors (Lipinski definition) is 2. The molecule has 7 nitrogen and oxygen atoms in total. The summed E-state index contributed by atoms with van der Waals surface area (Å²) in [4.78, 5) is 24.3. The highest BCUT2D eigenvalue weighted by Gasteiger charge is 2.44. The van der Waals surface area contributed by atoms with Crippen molar-refractivity contribution in [1.82, 2.24) is 9.62 Å². The second-order valence-electron chi connectivity index (χ2n) is 9.46. The number of amides is 1. The number of carbonyl (C=O) groups excluding carboxylic acids is 1. The Morgan fingerprint density at radius 2 is 1.97 bits per heavy atom. The van der Waals surface area contributed by atoms with Crippen molar-refractivity contribution in [2.45, 2.75) is 75.3 Å². The molecule has 0 radical (unpaired) electrons. The lowest BCUT2D eigenvalue weighted by atomic mass is 9.64. The zero-order valence-corrected chi connectivity index (χ0v) is 19.9. The number of rotatable bonds is 6. The molecule has 3 aliphatic rings. The molecule has 1 aromatic rings. The van der Waals surface area contributed by atoms with E-state index in [1.807, 2.05) is 0 Å². The first-order valence-electron chi connectivity index (χ1n) is 11.6. The Bertz CT molecular complexity index is 996. The summed E-state index contributed by atoms with van der Waals surface area (Å²) in [6, 6.07) is 2.90. The molecule has 32 heavy (non-hydrogen) atoms. The zero-order chi connectivity index (χ0) is 23.0. The number of carbonyl (C=O) groups is 2. The number of carboxylic acids is 1. The molecule has 9 heteroatoms. The van der Waals surface area contributed by atoms with Gasteiger partial charge in [-0.1, -0.05) is 37.8 Å². The number of halogens is 1. The number of nitrogens with zero attached hydrogens (tertiary/aromatic N) is 1. The van der Waals surface area contributed by atoms with Gasteiger partial charge in [-0.05, 0) is 68.1 Å². The average molecular weight is 483 g/mol. The molecular formula is C23H31ClN2O5S. The molecule has 2 bridgehead atoms. The first kappa shape index (κ1) is 23.5. The van der Waals surface area contributed by atoms with Gasteiger partial charge in [0, 0.05) is 12.6 Å². The molecule has 0 aromatic heterocycles. The van der Waals surface area contributed by atoms with Gasteiger partial charge >= 0.3 is 5.97 Å². The molecule has 176 valence electrons. The van der Waals surface area contributed by atoms with E-state index < -0.39 is 22.0 Å². The zero-order valence-electron chi connectivity index (χ0n) is 18.3. The highest BCUT2D eigenvalue weighted by molar-refractivity contribution is 7.89. The summed E-state index contributed by atoms with van der Waals surface area (Å²) in [5, 5.41) is 12.2. The van der Waals surface area contributed by atoms with Gasteiger partial charge in [0.25, 0.3) is 0 Å². The van der Waals surface area contributed by atoms with Gasteiger partial charge in [-0.2, -0.15) is 4.31 Å². The fourth-order valence-electron chi connectivity index (χ4n) is 6.01. The van der Waals surface area contributed by atoms with Crippen molar-refractivity contribution in [2.24, 2.45) is 17.8 Å². The van der Waals surface area contributed by atoms with Crippen LogP contribution in [0.15, 0.2) is 23.1 Å². The maximum Gasteiger partial charge on any atom is 0.335 e. The molecular weight excluding hydrogens is 452 g/mol. The smallest absolute Gasteiger partial charge is 0.335 e. The van der Waals surface area contributed by atoms with Crippen molar-refractivity contribution in [3.05, 3.63) is 28.8 Å². The highest BCUT2D eigenvalue weighted by atomic mass is 35.5. The van der Waals surface area contributed by atoms with Crippen LogP contribution in [-0.4, -0.2) is 48.3 Å². The molecule has 2 aliphatic carbocycles. The molecule has 1 saturated heterocycles. The lowest BCUT2D eigenvalue weighted by molar-refractivity contribution is -0.126. The van der Waals surface area contributed by atoms with Crippen LogP contribution in [0.2, 0.25) is 5.02 Å². The summed E-state index contributed by atoms with van der Waals surface area (Å²) in [6.45, 7) is 2.41. The van der Waals surface area contributed by atoms with E-state index >= 15 is 0 Å². The van der Waals surface area contributed by atoms with Crippen LogP contribution >= 0.6 is 11.6 Å². The standard InChI is InChI=1S/C23H31ClN2O5S/c1-2-15-11-14-5-3-6-16(12-14)21(15)25-22(27)19-7-4-10-26(19)32(30,31)20-9-8-17(23(28)29)13-18(20)24/h8-9,13-16,19,21H,2-7,10-12H2,1H3,(H,25,27)(H,28,29)/t14?,15?,16?,19-,21?/m1/s1. The van der Waals surface area contributed by atoms with Gasteiger partial charge in [-0.25, -0.2) is 13.2 Å². The Morgan fingerprint density at radius 1 is 1.19 bits per heavy atom. The van der Waals surface area contributed by atoms with Gasteiger partial charge in [-0.15, -0.1) is 0 Å². The molecule has 1 aliphatic heterocycles. The molecule has 0 spiro atoms. The highest BCUT2D eigenvalue weighted by Crippen LogP contribution is 2.44. The van der Waals surface area contributed by atoms with Crippen molar-refractivity contribution >= 4 is 33.5 Å². The maximum atomic E-state index is 13.4. The summed E-state index contributed by atoms with van der Waals surface area (Å²) in [5.41, 5.74) is -0.0849. The van der Waals surface area contributed by atoms with Crippen LogP contribution in [0.25, 0.3) is 0 Å². The van der Waals surface area contributed by atoms with Gasteiger partial charge in [0.05, 0.1) is 10.6 Å². The monoisotopic (exact) mass is 482 g/mol. The molecule has 5 atom stereocenters. The summed E-state index contributed by atoms with van der Waals surface area (Å²) in [5.74, 6) is 0.258. The number of fused-ring (bicyclic) bond motifs is 2. The van der Waals surface area contributed by atoms with Gasteiger partial charge < -0.3 is 10.4 Å². The van der Waals surface area contributed by atoms with Crippen LogP contribution < -0.4 is 5.32 Å². The van der Waals surface area contributed by atoms with Gasteiger partial charge in [0.15, 0.2) is 0 Å². The molecule has 1 heterocycles. The number of hydrogen-bond acceptors (Lipinski definition) is 4. The summed E-state index contributed by atoms with van der Waals surface area (Å²) < 4.78 is 27.9. The normalized spacial score (nSPS) is 30.8. The number of carboxylic acid groups (broad SMARTS) is 1. The molecule has 2 N–H and O–H groups in total. The first-order valence-corrected chi connectivity index (χ1v) is 13.4. The SMILES string of the molecule is CCC1CC2CCCC(C2)C1NC(=O)[C@H]1CCCN1S(=O)(=O)c1ccc(C(=O)O)cc1Cl. The third kappa shape index (κ3) is 4.41. The lowest BCUT2D eigenvalue weighted by Gasteiger charge is -2.46. The van der Waals surface area contributed by atoms with E-state index in [9.17, 15) is 18.0 Å². The molecule has 1 aromatic carbocycles. The Hall–Kier alpha value is -1.64. The van der Waals surface area contributed by atoms with E-state index in [1.165, 1.54) is 29.3 Å². The minimum atomic E-state index is -4.03. The maximum absolute atomic E-state index is 13.4. The summed E-state index contributed by atoms with van der Waals surface area (Å²) in [6.07, 6.45) is 7.96. The second-order valence-corrected chi connectivity index (χ2v) is 11.7. The molecule has 2 saturated carbocycles. The predicted octanol–water partition coefficient (Wildman–Crippen LogP) is 3.91. The van der Waals surface area contributed by atoms with Gasteiger partial charge in [0.2, 0.25) is 15.9 Å². The van der Waals surface area contributed by atoms with Crippen LogP contribution in [0, 0.1) is 17.8 Å². The van der Waals surface area contributed by atoms with Crippen LogP contribution in [0.4, 0.5) is 0 Å².